The standard InChI is InChI=1S/C26H23NO2/c1-27-20-13-7-15-22(28-2)25(20)24(26-21(27)14-8-16-23(26)29-3)19-12-6-10-17-9-4-5-11-18(17)19/h4-16,24H,1-3H3. The smallest absolute Gasteiger partial charge is 0.125 e. The Bertz CT molecular complexity index is 1150. The lowest BCUT2D eigenvalue weighted by Crippen LogP contribution is -2.23. The molecule has 0 bridgehead atoms. The number of benzene rings is 4. The van der Waals surface area contributed by atoms with Gasteiger partial charge in [0, 0.05) is 35.5 Å². The Morgan fingerprint density at radius 1 is 0.655 bits per heavy atom. The first-order valence-corrected chi connectivity index (χ1v) is 9.79. The summed E-state index contributed by atoms with van der Waals surface area (Å²) >= 11 is 0. The van der Waals surface area contributed by atoms with E-state index >= 15 is 0 Å². The van der Waals surface area contributed by atoms with Crippen LogP contribution >= 0.6 is 0 Å². The molecule has 0 aliphatic carbocycles. The molecule has 29 heavy (non-hydrogen) atoms. The average Bonchev–Trinajstić information content (AvgIpc) is 2.78. The zero-order valence-electron chi connectivity index (χ0n) is 16.8. The van der Waals surface area contributed by atoms with Crippen LogP contribution in [-0.4, -0.2) is 21.3 Å². The van der Waals surface area contributed by atoms with Gasteiger partial charge in [-0.25, -0.2) is 0 Å². The fourth-order valence-electron chi connectivity index (χ4n) is 4.67. The molecule has 0 fully saturated rings. The van der Waals surface area contributed by atoms with Crippen molar-refractivity contribution in [3.05, 3.63) is 95.6 Å². The fourth-order valence-corrected chi connectivity index (χ4v) is 4.67. The molecule has 0 radical (unpaired) electrons. The van der Waals surface area contributed by atoms with Crippen LogP contribution in [0.5, 0.6) is 11.5 Å². The van der Waals surface area contributed by atoms with E-state index in [0.717, 1.165) is 22.9 Å². The molecule has 5 rings (SSSR count). The third kappa shape index (κ3) is 2.58. The zero-order valence-corrected chi connectivity index (χ0v) is 16.8. The Labute approximate surface area is 171 Å². The highest BCUT2D eigenvalue weighted by Crippen LogP contribution is 2.54. The van der Waals surface area contributed by atoms with Crippen molar-refractivity contribution < 1.29 is 9.47 Å². The summed E-state index contributed by atoms with van der Waals surface area (Å²) in [4.78, 5) is 2.23. The van der Waals surface area contributed by atoms with Crippen molar-refractivity contribution in [2.75, 3.05) is 26.2 Å². The van der Waals surface area contributed by atoms with Crippen molar-refractivity contribution in [2.24, 2.45) is 0 Å². The quantitative estimate of drug-likeness (QED) is 0.427. The summed E-state index contributed by atoms with van der Waals surface area (Å²) in [6.07, 6.45) is 0. The summed E-state index contributed by atoms with van der Waals surface area (Å²) in [6.45, 7) is 0. The van der Waals surface area contributed by atoms with Gasteiger partial charge in [-0.3, -0.25) is 0 Å². The first kappa shape index (κ1) is 17.6. The van der Waals surface area contributed by atoms with Crippen molar-refractivity contribution in [3.63, 3.8) is 0 Å². The van der Waals surface area contributed by atoms with E-state index in [1.165, 1.54) is 27.5 Å². The minimum absolute atomic E-state index is 0.00889. The van der Waals surface area contributed by atoms with Crippen LogP contribution in [-0.2, 0) is 0 Å². The molecule has 3 nitrogen and oxygen atoms in total. The van der Waals surface area contributed by atoms with Crippen LogP contribution in [0.1, 0.15) is 22.6 Å². The van der Waals surface area contributed by atoms with Crippen LogP contribution in [0.4, 0.5) is 11.4 Å². The van der Waals surface area contributed by atoms with Crippen LogP contribution in [0, 0.1) is 0 Å². The SMILES string of the molecule is COc1cccc2c1C(c1cccc3ccccc13)c1c(OC)cccc1N2C. The van der Waals surface area contributed by atoms with Gasteiger partial charge >= 0.3 is 0 Å². The highest BCUT2D eigenvalue weighted by atomic mass is 16.5. The lowest BCUT2D eigenvalue weighted by molar-refractivity contribution is 0.402. The second-order valence-corrected chi connectivity index (χ2v) is 7.35. The molecule has 0 atom stereocenters. The topological polar surface area (TPSA) is 21.7 Å². The predicted octanol–water partition coefficient (Wildman–Crippen LogP) is 6.12. The zero-order chi connectivity index (χ0) is 20.0. The maximum atomic E-state index is 5.85. The van der Waals surface area contributed by atoms with Gasteiger partial charge in [-0.2, -0.15) is 0 Å². The first-order chi connectivity index (χ1) is 14.2. The van der Waals surface area contributed by atoms with Gasteiger partial charge in [0.25, 0.3) is 0 Å². The van der Waals surface area contributed by atoms with Gasteiger partial charge in [0.05, 0.1) is 14.2 Å². The largest absolute Gasteiger partial charge is 0.496 e. The van der Waals surface area contributed by atoms with Crippen LogP contribution in [0.15, 0.2) is 78.9 Å². The van der Waals surface area contributed by atoms with Crippen molar-refractivity contribution in [3.8, 4) is 11.5 Å². The lowest BCUT2D eigenvalue weighted by Gasteiger charge is -2.37. The number of methoxy groups -OCH3 is 2. The third-order valence-corrected chi connectivity index (χ3v) is 5.96. The second-order valence-electron chi connectivity index (χ2n) is 7.35. The molecule has 1 heterocycles. The van der Waals surface area contributed by atoms with Gasteiger partial charge < -0.3 is 14.4 Å². The number of fused-ring (bicyclic) bond motifs is 3. The van der Waals surface area contributed by atoms with Crippen molar-refractivity contribution >= 4 is 22.1 Å². The van der Waals surface area contributed by atoms with E-state index in [2.05, 4.69) is 78.7 Å². The van der Waals surface area contributed by atoms with E-state index in [0.29, 0.717) is 0 Å². The summed E-state index contributed by atoms with van der Waals surface area (Å²) in [5.41, 5.74) is 5.91. The molecule has 0 spiro atoms. The first-order valence-electron chi connectivity index (χ1n) is 9.79. The van der Waals surface area contributed by atoms with Gasteiger partial charge in [0.2, 0.25) is 0 Å². The monoisotopic (exact) mass is 381 g/mol. The van der Waals surface area contributed by atoms with Crippen LogP contribution in [0.2, 0.25) is 0 Å². The summed E-state index contributed by atoms with van der Waals surface area (Å²) in [5.74, 6) is 1.79. The summed E-state index contributed by atoms with van der Waals surface area (Å²) in [6, 6.07) is 27.6. The summed E-state index contributed by atoms with van der Waals surface area (Å²) in [7, 11) is 5.59. The van der Waals surface area contributed by atoms with Crippen LogP contribution < -0.4 is 14.4 Å². The molecule has 144 valence electrons. The maximum absolute atomic E-state index is 5.85. The number of anilines is 2. The van der Waals surface area contributed by atoms with Crippen molar-refractivity contribution in [1.82, 2.24) is 0 Å². The Hall–Kier alpha value is -3.46. The average molecular weight is 381 g/mol. The molecular weight excluding hydrogens is 358 g/mol. The van der Waals surface area contributed by atoms with Crippen LogP contribution in [0.3, 0.4) is 0 Å². The van der Waals surface area contributed by atoms with E-state index < -0.39 is 0 Å². The summed E-state index contributed by atoms with van der Waals surface area (Å²) in [5, 5.41) is 2.48. The Balaban J connectivity index is 1.92. The van der Waals surface area contributed by atoms with Crippen molar-refractivity contribution in [1.29, 1.82) is 0 Å². The number of hydrogen-bond donors (Lipinski definition) is 0. The molecule has 4 aromatic rings. The second kappa shape index (κ2) is 6.85. The third-order valence-electron chi connectivity index (χ3n) is 5.96. The molecule has 0 saturated carbocycles. The predicted molar refractivity (Wildman–Crippen MR) is 119 cm³/mol. The molecular formula is C26H23NO2. The van der Waals surface area contributed by atoms with Gasteiger partial charge in [0.15, 0.2) is 0 Å². The Kier molecular flexibility index (Phi) is 4.17. The van der Waals surface area contributed by atoms with E-state index in [4.69, 9.17) is 9.47 Å². The van der Waals surface area contributed by atoms with Crippen LogP contribution in [0.25, 0.3) is 10.8 Å². The highest BCUT2D eigenvalue weighted by Gasteiger charge is 2.35. The molecule has 3 heteroatoms. The normalized spacial score (nSPS) is 13.1. The molecule has 0 unspecified atom stereocenters. The van der Waals surface area contributed by atoms with E-state index in [9.17, 15) is 0 Å². The molecule has 0 saturated heterocycles. The minimum atomic E-state index is 0.00889. The number of nitrogens with zero attached hydrogens (tertiary/aromatic N) is 1. The molecule has 4 aromatic carbocycles. The van der Waals surface area contributed by atoms with Gasteiger partial charge in [-0.15, -0.1) is 0 Å². The Morgan fingerprint density at radius 2 is 1.21 bits per heavy atom. The van der Waals surface area contributed by atoms with E-state index in [1.54, 1.807) is 14.2 Å². The fraction of sp³-hybridized carbons (Fsp3) is 0.154. The maximum Gasteiger partial charge on any atom is 0.125 e. The lowest BCUT2D eigenvalue weighted by atomic mass is 9.78. The summed E-state index contributed by atoms with van der Waals surface area (Å²) < 4.78 is 11.7. The molecule has 0 N–H and O–H groups in total. The minimum Gasteiger partial charge on any atom is -0.496 e. The van der Waals surface area contributed by atoms with Gasteiger partial charge in [-0.1, -0.05) is 54.6 Å². The van der Waals surface area contributed by atoms with E-state index in [1.807, 2.05) is 12.1 Å². The van der Waals surface area contributed by atoms with Gasteiger partial charge in [-0.05, 0) is 40.6 Å². The van der Waals surface area contributed by atoms with Gasteiger partial charge in [0.1, 0.15) is 11.5 Å². The molecule has 1 aliphatic heterocycles. The number of ether oxygens (including phenoxy) is 2. The van der Waals surface area contributed by atoms with E-state index in [-0.39, 0.29) is 5.92 Å². The molecule has 0 amide bonds. The number of rotatable bonds is 3. The molecule has 0 aromatic heterocycles. The highest BCUT2D eigenvalue weighted by molar-refractivity contribution is 5.90. The van der Waals surface area contributed by atoms with Crippen molar-refractivity contribution in [2.45, 2.75) is 5.92 Å². The molecule has 1 aliphatic rings. The number of hydrogen-bond acceptors (Lipinski definition) is 3. The Morgan fingerprint density at radius 3 is 1.83 bits per heavy atom.